The van der Waals surface area contributed by atoms with E-state index in [9.17, 15) is 0 Å². The fraction of sp³-hybridized carbons (Fsp3) is 0.438. The van der Waals surface area contributed by atoms with Crippen LogP contribution < -0.4 is 14.8 Å². The molecule has 0 unspecified atom stereocenters. The second kappa shape index (κ2) is 5.98. The quantitative estimate of drug-likeness (QED) is 0.885. The highest BCUT2D eigenvalue weighted by Crippen LogP contribution is 2.36. The first-order valence-electron chi connectivity index (χ1n) is 7.65. The average molecular weight is 301 g/mol. The van der Waals surface area contributed by atoms with Crippen LogP contribution in [0.3, 0.4) is 0 Å². The van der Waals surface area contributed by atoms with Crippen LogP contribution in [0.2, 0.25) is 0 Å². The highest BCUT2D eigenvalue weighted by molar-refractivity contribution is 5.66. The molecule has 0 aliphatic carbocycles. The van der Waals surface area contributed by atoms with Gasteiger partial charge in [-0.15, -0.1) is 0 Å². The molecule has 22 heavy (non-hydrogen) atoms. The van der Waals surface area contributed by atoms with Crippen molar-refractivity contribution in [2.45, 2.75) is 25.5 Å². The predicted octanol–water partition coefficient (Wildman–Crippen LogP) is 2.07. The summed E-state index contributed by atoms with van der Waals surface area (Å²) in [5.41, 5.74) is 3.20. The molecule has 116 valence electrons. The van der Waals surface area contributed by atoms with Crippen molar-refractivity contribution in [3.05, 3.63) is 30.0 Å². The first-order valence-corrected chi connectivity index (χ1v) is 7.65. The minimum absolute atomic E-state index is 0.289. The van der Waals surface area contributed by atoms with Crippen LogP contribution in [-0.2, 0) is 11.3 Å². The zero-order valence-corrected chi connectivity index (χ0v) is 12.3. The van der Waals surface area contributed by atoms with Gasteiger partial charge in [0.15, 0.2) is 11.5 Å². The minimum atomic E-state index is 0.289. The van der Waals surface area contributed by atoms with Gasteiger partial charge in [0, 0.05) is 30.8 Å². The Labute approximate surface area is 128 Å². The second-order valence-electron chi connectivity index (χ2n) is 5.60. The number of hydrogen-bond donors (Lipinski definition) is 2. The van der Waals surface area contributed by atoms with Gasteiger partial charge in [-0.1, -0.05) is 0 Å². The summed E-state index contributed by atoms with van der Waals surface area (Å²) in [6.07, 6.45) is 4.52. The fourth-order valence-corrected chi connectivity index (χ4v) is 2.92. The van der Waals surface area contributed by atoms with E-state index in [1.54, 1.807) is 0 Å². The Kier molecular flexibility index (Phi) is 3.70. The molecule has 2 aliphatic rings. The Balaban J connectivity index is 1.45. The minimum Gasteiger partial charge on any atom is -0.454 e. The van der Waals surface area contributed by atoms with E-state index in [4.69, 9.17) is 14.2 Å². The molecule has 3 heterocycles. The van der Waals surface area contributed by atoms with Gasteiger partial charge in [-0.2, -0.15) is 5.10 Å². The maximum absolute atomic E-state index is 5.62. The summed E-state index contributed by atoms with van der Waals surface area (Å²) in [7, 11) is 0. The van der Waals surface area contributed by atoms with E-state index in [1.165, 1.54) is 6.42 Å². The summed E-state index contributed by atoms with van der Waals surface area (Å²) in [5, 5.41) is 10.7. The van der Waals surface area contributed by atoms with Crippen molar-refractivity contribution in [2.24, 2.45) is 0 Å². The van der Waals surface area contributed by atoms with Crippen LogP contribution in [0.25, 0.3) is 11.3 Å². The van der Waals surface area contributed by atoms with Crippen molar-refractivity contribution < 1.29 is 14.2 Å². The van der Waals surface area contributed by atoms with E-state index in [2.05, 4.69) is 15.5 Å². The smallest absolute Gasteiger partial charge is 0.231 e. The predicted molar refractivity (Wildman–Crippen MR) is 80.8 cm³/mol. The number of aromatic nitrogens is 2. The van der Waals surface area contributed by atoms with Gasteiger partial charge >= 0.3 is 0 Å². The summed E-state index contributed by atoms with van der Waals surface area (Å²) in [6, 6.07) is 5.94. The number of rotatable bonds is 5. The number of H-pyrrole nitrogens is 1. The average Bonchev–Trinajstić information content (AvgIpc) is 3.28. The molecule has 6 nitrogen and oxygen atoms in total. The van der Waals surface area contributed by atoms with Crippen LogP contribution in [0.4, 0.5) is 0 Å². The molecule has 0 amide bonds. The van der Waals surface area contributed by atoms with Crippen molar-refractivity contribution >= 4 is 0 Å². The van der Waals surface area contributed by atoms with Crippen molar-refractivity contribution in [2.75, 3.05) is 19.9 Å². The summed E-state index contributed by atoms with van der Waals surface area (Å²) in [6.45, 7) is 2.82. The number of fused-ring (bicyclic) bond motifs is 1. The highest BCUT2D eigenvalue weighted by Gasteiger charge is 2.17. The first-order chi connectivity index (χ1) is 10.9. The molecule has 2 aliphatic heterocycles. The van der Waals surface area contributed by atoms with Crippen molar-refractivity contribution in [3.8, 4) is 22.8 Å². The second-order valence-corrected chi connectivity index (χ2v) is 5.60. The molecular formula is C16H19N3O3. The molecule has 1 fully saturated rings. The van der Waals surface area contributed by atoms with Crippen LogP contribution in [0.15, 0.2) is 24.4 Å². The molecule has 1 saturated heterocycles. The van der Waals surface area contributed by atoms with Crippen molar-refractivity contribution in [3.63, 3.8) is 0 Å². The lowest BCUT2D eigenvalue weighted by Crippen LogP contribution is -2.25. The van der Waals surface area contributed by atoms with E-state index < -0.39 is 0 Å². The van der Waals surface area contributed by atoms with Gasteiger partial charge in [0.25, 0.3) is 0 Å². The lowest BCUT2D eigenvalue weighted by atomic mass is 10.1. The number of hydrogen-bond acceptors (Lipinski definition) is 5. The van der Waals surface area contributed by atoms with Crippen LogP contribution in [0.1, 0.15) is 18.4 Å². The molecule has 1 aromatic carbocycles. The number of ether oxygens (including phenoxy) is 3. The molecule has 0 saturated carbocycles. The molecule has 0 radical (unpaired) electrons. The van der Waals surface area contributed by atoms with Crippen LogP contribution >= 0.6 is 0 Å². The van der Waals surface area contributed by atoms with Crippen LogP contribution in [-0.4, -0.2) is 36.2 Å². The molecule has 4 rings (SSSR count). The SMILES string of the molecule is c1cc2c(cc1-c1[nH]ncc1CNC[C@H]1CCCO1)OCO2. The van der Waals surface area contributed by atoms with E-state index >= 15 is 0 Å². The van der Waals surface area contributed by atoms with Crippen molar-refractivity contribution in [1.29, 1.82) is 0 Å². The molecule has 2 N–H and O–H groups in total. The molecule has 0 bridgehead atoms. The normalized spacial score (nSPS) is 19.7. The number of aromatic amines is 1. The summed E-state index contributed by atoms with van der Waals surface area (Å²) < 4.78 is 16.4. The van der Waals surface area contributed by atoms with E-state index in [-0.39, 0.29) is 6.79 Å². The summed E-state index contributed by atoms with van der Waals surface area (Å²) in [5.74, 6) is 1.58. The molecule has 1 aromatic heterocycles. The summed E-state index contributed by atoms with van der Waals surface area (Å²) in [4.78, 5) is 0. The largest absolute Gasteiger partial charge is 0.454 e. The third-order valence-corrected chi connectivity index (χ3v) is 4.09. The fourth-order valence-electron chi connectivity index (χ4n) is 2.92. The number of nitrogens with one attached hydrogen (secondary N) is 2. The molecule has 6 heteroatoms. The van der Waals surface area contributed by atoms with Crippen LogP contribution in [0.5, 0.6) is 11.5 Å². The monoisotopic (exact) mass is 301 g/mol. The summed E-state index contributed by atoms with van der Waals surface area (Å²) >= 11 is 0. The Morgan fingerprint density at radius 3 is 3.14 bits per heavy atom. The Bertz CT molecular complexity index is 650. The van der Waals surface area contributed by atoms with Gasteiger partial charge < -0.3 is 19.5 Å². The molecule has 2 aromatic rings. The van der Waals surface area contributed by atoms with E-state index in [0.29, 0.717) is 6.10 Å². The van der Waals surface area contributed by atoms with E-state index in [1.807, 2.05) is 24.4 Å². The number of benzene rings is 1. The van der Waals surface area contributed by atoms with Gasteiger partial charge in [-0.25, -0.2) is 0 Å². The topological polar surface area (TPSA) is 68.4 Å². The highest BCUT2D eigenvalue weighted by atomic mass is 16.7. The maximum Gasteiger partial charge on any atom is 0.231 e. The van der Waals surface area contributed by atoms with E-state index in [0.717, 1.165) is 54.4 Å². The Morgan fingerprint density at radius 2 is 2.23 bits per heavy atom. The zero-order valence-electron chi connectivity index (χ0n) is 12.3. The third-order valence-electron chi connectivity index (χ3n) is 4.09. The Morgan fingerprint density at radius 1 is 1.27 bits per heavy atom. The van der Waals surface area contributed by atoms with Crippen LogP contribution in [0, 0.1) is 0 Å². The zero-order chi connectivity index (χ0) is 14.8. The Hall–Kier alpha value is -2.05. The maximum atomic E-state index is 5.62. The lowest BCUT2D eigenvalue weighted by molar-refractivity contribution is 0.110. The lowest BCUT2D eigenvalue weighted by Gasteiger charge is -2.11. The molecule has 0 spiro atoms. The van der Waals surface area contributed by atoms with Gasteiger partial charge in [0.1, 0.15) is 0 Å². The molecular weight excluding hydrogens is 282 g/mol. The third kappa shape index (κ3) is 2.67. The van der Waals surface area contributed by atoms with Gasteiger partial charge in [-0.3, -0.25) is 5.10 Å². The standard InChI is InChI=1S/C16H19N3O3/c1-2-13(20-5-1)9-17-7-12-8-18-19-16(12)11-3-4-14-15(6-11)22-10-21-14/h3-4,6,8,13,17H,1-2,5,7,9-10H2,(H,18,19)/t13-/m1/s1. The molecule has 1 atom stereocenters. The van der Waals surface area contributed by atoms with Gasteiger partial charge in [-0.05, 0) is 31.0 Å². The number of nitrogens with zero attached hydrogens (tertiary/aromatic N) is 1. The van der Waals surface area contributed by atoms with Gasteiger partial charge in [0.2, 0.25) is 6.79 Å². The van der Waals surface area contributed by atoms with Gasteiger partial charge in [0.05, 0.1) is 18.0 Å². The first kappa shape index (κ1) is 13.6. The van der Waals surface area contributed by atoms with Crippen molar-refractivity contribution in [1.82, 2.24) is 15.5 Å².